The molecule has 2 aromatic carbocycles. The lowest BCUT2D eigenvalue weighted by atomic mass is 9.82. The molecular weight excluding hydrogens is 412 g/mol. The summed E-state index contributed by atoms with van der Waals surface area (Å²) in [5.41, 5.74) is 3.64. The van der Waals surface area contributed by atoms with Gasteiger partial charge in [0, 0.05) is 26.1 Å². The van der Waals surface area contributed by atoms with E-state index in [0.29, 0.717) is 23.6 Å². The van der Waals surface area contributed by atoms with Crippen molar-refractivity contribution in [1.82, 2.24) is 9.80 Å². The number of imide groups is 1. The summed E-state index contributed by atoms with van der Waals surface area (Å²) in [6, 6.07) is 18.6. The smallest absolute Gasteiger partial charge is 0.262 e. The highest BCUT2D eigenvalue weighted by molar-refractivity contribution is 6.49. The van der Waals surface area contributed by atoms with Gasteiger partial charge in [0.25, 0.3) is 11.8 Å². The normalized spacial score (nSPS) is 20.7. The molecule has 3 amide bonds. The van der Waals surface area contributed by atoms with Gasteiger partial charge in [0.05, 0.1) is 11.1 Å². The Morgan fingerprint density at radius 2 is 1.45 bits per heavy atom. The summed E-state index contributed by atoms with van der Waals surface area (Å²) in [5.74, 6) is -0.0244. The van der Waals surface area contributed by atoms with Crippen LogP contribution >= 0.6 is 0 Å². The molecule has 1 saturated heterocycles. The maximum absolute atomic E-state index is 13.4. The quantitative estimate of drug-likeness (QED) is 0.514. The van der Waals surface area contributed by atoms with Crippen LogP contribution in [0.1, 0.15) is 43.2 Å². The third-order valence-corrected chi connectivity index (χ3v) is 7.00. The minimum Gasteiger partial charge on any atom is -0.339 e. The van der Waals surface area contributed by atoms with Crippen LogP contribution in [-0.4, -0.2) is 47.2 Å². The first-order valence-corrected chi connectivity index (χ1v) is 11.8. The van der Waals surface area contributed by atoms with Gasteiger partial charge in [-0.1, -0.05) is 72.3 Å². The molecule has 5 nitrogen and oxygen atoms in total. The Labute approximate surface area is 194 Å². The van der Waals surface area contributed by atoms with Crippen LogP contribution in [0.3, 0.4) is 0 Å². The van der Waals surface area contributed by atoms with Gasteiger partial charge in [-0.15, -0.1) is 0 Å². The van der Waals surface area contributed by atoms with Gasteiger partial charge in [-0.25, -0.2) is 0 Å². The summed E-state index contributed by atoms with van der Waals surface area (Å²) in [6.07, 6.45) is 7.02. The zero-order chi connectivity index (χ0) is 22.8. The maximum atomic E-state index is 13.4. The fourth-order valence-electron chi connectivity index (χ4n) is 5.24. The van der Waals surface area contributed by atoms with Crippen molar-refractivity contribution in [2.24, 2.45) is 5.92 Å². The fraction of sp³-hybridized carbons (Fsp3) is 0.321. The minimum atomic E-state index is -0.327. The molecule has 0 aromatic heterocycles. The van der Waals surface area contributed by atoms with E-state index in [1.807, 2.05) is 65.6 Å². The standard InChI is InChI=1S/C28H28N2O3/c31-24(29-17-15-20-9-7-8-14-23(20)19-29)16-18-30-27(32)25(21-10-3-1-4-11-21)26(28(30)33)22-12-5-2-6-13-22/h1-6,10-14,20H,7-9,15-19H2. The van der Waals surface area contributed by atoms with Crippen molar-refractivity contribution in [2.45, 2.75) is 32.1 Å². The predicted molar refractivity (Wildman–Crippen MR) is 128 cm³/mol. The van der Waals surface area contributed by atoms with Crippen LogP contribution in [0.25, 0.3) is 11.1 Å². The summed E-state index contributed by atoms with van der Waals surface area (Å²) in [4.78, 5) is 42.9. The van der Waals surface area contributed by atoms with Gasteiger partial charge in [-0.2, -0.15) is 0 Å². The number of amides is 3. The van der Waals surface area contributed by atoms with Crippen LogP contribution in [-0.2, 0) is 14.4 Å². The zero-order valence-electron chi connectivity index (χ0n) is 18.7. The molecule has 1 fully saturated rings. The van der Waals surface area contributed by atoms with Crippen LogP contribution in [0.4, 0.5) is 0 Å². The Balaban J connectivity index is 1.34. The van der Waals surface area contributed by atoms with E-state index in [-0.39, 0.29) is 30.7 Å². The number of hydrogen-bond acceptors (Lipinski definition) is 3. The summed E-state index contributed by atoms with van der Waals surface area (Å²) >= 11 is 0. The van der Waals surface area contributed by atoms with E-state index in [1.54, 1.807) is 0 Å². The van der Waals surface area contributed by atoms with E-state index >= 15 is 0 Å². The molecule has 0 spiro atoms. The van der Waals surface area contributed by atoms with Gasteiger partial charge in [-0.05, 0) is 42.7 Å². The Hall–Kier alpha value is -3.47. The van der Waals surface area contributed by atoms with E-state index in [1.165, 1.54) is 23.3 Å². The second-order valence-corrected chi connectivity index (χ2v) is 9.00. The van der Waals surface area contributed by atoms with Crippen molar-refractivity contribution in [3.8, 4) is 0 Å². The van der Waals surface area contributed by atoms with Crippen molar-refractivity contribution < 1.29 is 14.4 Å². The molecule has 2 aliphatic heterocycles. The van der Waals surface area contributed by atoms with Crippen LogP contribution in [0, 0.1) is 5.92 Å². The number of rotatable bonds is 5. The second-order valence-electron chi connectivity index (χ2n) is 9.00. The first-order valence-electron chi connectivity index (χ1n) is 11.8. The highest BCUT2D eigenvalue weighted by Gasteiger charge is 2.39. The van der Waals surface area contributed by atoms with Crippen LogP contribution in [0.5, 0.6) is 0 Å². The van der Waals surface area contributed by atoms with Crippen LogP contribution in [0.15, 0.2) is 72.3 Å². The van der Waals surface area contributed by atoms with Gasteiger partial charge < -0.3 is 4.90 Å². The van der Waals surface area contributed by atoms with Gasteiger partial charge in [0.1, 0.15) is 0 Å². The number of nitrogens with zero attached hydrogens (tertiary/aromatic N) is 2. The first-order chi connectivity index (χ1) is 16.1. The maximum Gasteiger partial charge on any atom is 0.262 e. The number of likely N-dealkylation sites (tertiary alicyclic amines) is 1. The van der Waals surface area contributed by atoms with E-state index in [2.05, 4.69) is 6.08 Å². The molecule has 3 aliphatic rings. The SMILES string of the molecule is O=C(CCN1C(=O)C(c2ccccc2)=C(c2ccccc2)C1=O)N1CCC2CCCC=C2C1. The van der Waals surface area contributed by atoms with Crippen molar-refractivity contribution in [3.63, 3.8) is 0 Å². The zero-order valence-corrected chi connectivity index (χ0v) is 18.7. The highest BCUT2D eigenvalue weighted by Crippen LogP contribution is 2.36. The van der Waals surface area contributed by atoms with Gasteiger partial charge in [0.15, 0.2) is 0 Å². The number of piperidine rings is 1. The van der Waals surface area contributed by atoms with Gasteiger partial charge >= 0.3 is 0 Å². The number of allylic oxidation sites excluding steroid dienone is 1. The molecule has 168 valence electrons. The van der Waals surface area contributed by atoms with Crippen LogP contribution < -0.4 is 0 Å². The molecule has 0 saturated carbocycles. The number of fused-ring (bicyclic) bond motifs is 1. The minimum absolute atomic E-state index is 0.00921. The summed E-state index contributed by atoms with van der Waals surface area (Å²) in [6.45, 7) is 1.54. The van der Waals surface area contributed by atoms with E-state index in [4.69, 9.17) is 0 Å². The van der Waals surface area contributed by atoms with E-state index < -0.39 is 0 Å². The predicted octanol–water partition coefficient (Wildman–Crippen LogP) is 4.32. The van der Waals surface area contributed by atoms with Crippen molar-refractivity contribution in [1.29, 1.82) is 0 Å². The van der Waals surface area contributed by atoms with Crippen molar-refractivity contribution in [3.05, 3.63) is 83.4 Å². The highest BCUT2D eigenvalue weighted by atomic mass is 16.2. The lowest BCUT2D eigenvalue weighted by molar-refractivity contribution is -0.137. The Kier molecular flexibility index (Phi) is 5.95. The number of benzene rings is 2. The van der Waals surface area contributed by atoms with Gasteiger partial charge in [0.2, 0.25) is 5.91 Å². The third kappa shape index (κ3) is 4.15. The molecule has 2 aromatic rings. The average molecular weight is 441 g/mol. The molecule has 0 N–H and O–H groups in total. The molecule has 1 unspecified atom stereocenters. The summed E-state index contributed by atoms with van der Waals surface area (Å²) < 4.78 is 0. The monoisotopic (exact) mass is 440 g/mol. The number of hydrogen-bond donors (Lipinski definition) is 0. The third-order valence-electron chi connectivity index (χ3n) is 7.00. The van der Waals surface area contributed by atoms with Crippen molar-refractivity contribution in [2.75, 3.05) is 19.6 Å². The lowest BCUT2D eigenvalue weighted by Gasteiger charge is -2.36. The number of carbonyl (C=O) groups is 3. The first kappa shape index (κ1) is 21.4. The molecule has 5 rings (SSSR count). The molecule has 5 heteroatoms. The summed E-state index contributed by atoms with van der Waals surface area (Å²) in [7, 11) is 0. The van der Waals surface area contributed by atoms with Crippen molar-refractivity contribution >= 4 is 28.9 Å². The second kappa shape index (κ2) is 9.18. The lowest BCUT2D eigenvalue weighted by Crippen LogP contribution is -2.42. The largest absolute Gasteiger partial charge is 0.339 e. The molecule has 2 heterocycles. The van der Waals surface area contributed by atoms with E-state index in [0.717, 1.165) is 30.5 Å². The van der Waals surface area contributed by atoms with Crippen LogP contribution in [0.2, 0.25) is 0 Å². The van der Waals surface area contributed by atoms with Gasteiger partial charge in [-0.3, -0.25) is 19.3 Å². The Morgan fingerprint density at radius 1 is 0.848 bits per heavy atom. The average Bonchev–Trinajstić information content (AvgIpc) is 3.12. The molecule has 0 bridgehead atoms. The van der Waals surface area contributed by atoms with E-state index in [9.17, 15) is 14.4 Å². The Bertz CT molecular complexity index is 1070. The molecule has 1 atom stereocenters. The molecule has 33 heavy (non-hydrogen) atoms. The summed E-state index contributed by atoms with van der Waals surface area (Å²) in [5, 5.41) is 0. The fourth-order valence-corrected chi connectivity index (χ4v) is 5.24. The Morgan fingerprint density at radius 3 is 2.06 bits per heavy atom. The molecular formula is C28H28N2O3. The number of carbonyl (C=O) groups excluding carboxylic acids is 3. The topological polar surface area (TPSA) is 57.7 Å². The molecule has 1 aliphatic carbocycles. The molecule has 0 radical (unpaired) electrons.